The maximum absolute atomic E-state index is 13.9. The van der Waals surface area contributed by atoms with Crippen molar-refractivity contribution >= 4 is 0 Å². The molecule has 0 aromatic heterocycles. The minimum atomic E-state index is -0.325. The Labute approximate surface area is 119 Å². The lowest BCUT2D eigenvalue weighted by Crippen LogP contribution is -2.17. The first-order valence-corrected chi connectivity index (χ1v) is 7.18. The second-order valence-electron chi connectivity index (χ2n) is 5.53. The van der Waals surface area contributed by atoms with Gasteiger partial charge in [-0.2, -0.15) is 5.26 Å². The van der Waals surface area contributed by atoms with E-state index in [1.807, 2.05) is 6.07 Å². The van der Waals surface area contributed by atoms with E-state index in [-0.39, 0.29) is 11.2 Å². The monoisotopic (exact) mass is 276 g/mol. The van der Waals surface area contributed by atoms with Gasteiger partial charge in [0, 0.05) is 23.9 Å². The summed E-state index contributed by atoms with van der Waals surface area (Å²) in [5.74, 6) is 0.00822. The summed E-state index contributed by atoms with van der Waals surface area (Å²) in [7, 11) is 0. The SMILES string of the molecule is CCCNCc1cccc(F)c1OCC1(CC#N)CC1. The van der Waals surface area contributed by atoms with Gasteiger partial charge in [0.05, 0.1) is 12.7 Å². The number of rotatable bonds is 8. The molecule has 20 heavy (non-hydrogen) atoms. The van der Waals surface area contributed by atoms with Gasteiger partial charge >= 0.3 is 0 Å². The average Bonchev–Trinajstić information content (AvgIpc) is 3.19. The Kier molecular flexibility index (Phi) is 4.97. The van der Waals surface area contributed by atoms with Crippen molar-refractivity contribution in [3.63, 3.8) is 0 Å². The summed E-state index contributed by atoms with van der Waals surface area (Å²) in [6.07, 6.45) is 3.53. The van der Waals surface area contributed by atoms with Crippen LogP contribution in [0.1, 0.15) is 38.2 Å². The van der Waals surface area contributed by atoms with E-state index in [0.717, 1.165) is 31.4 Å². The molecule has 0 spiro atoms. The predicted octanol–water partition coefficient (Wildman–Crippen LogP) is 3.40. The zero-order chi connectivity index (χ0) is 14.4. The molecule has 1 aromatic rings. The van der Waals surface area contributed by atoms with Crippen molar-refractivity contribution in [3.05, 3.63) is 29.6 Å². The molecule has 0 saturated heterocycles. The maximum atomic E-state index is 13.9. The van der Waals surface area contributed by atoms with E-state index < -0.39 is 0 Å². The van der Waals surface area contributed by atoms with E-state index in [9.17, 15) is 4.39 Å². The summed E-state index contributed by atoms with van der Waals surface area (Å²) in [6, 6.07) is 7.19. The minimum absolute atomic E-state index is 0.0366. The van der Waals surface area contributed by atoms with Crippen LogP contribution in [-0.2, 0) is 6.54 Å². The summed E-state index contributed by atoms with van der Waals surface area (Å²) >= 11 is 0. The number of nitriles is 1. The Morgan fingerprint density at radius 1 is 1.45 bits per heavy atom. The lowest BCUT2D eigenvalue weighted by atomic mass is 10.1. The molecule has 0 atom stereocenters. The molecular weight excluding hydrogens is 255 g/mol. The lowest BCUT2D eigenvalue weighted by Gasteiger charge is -2.16. The average molecular weight is 276 g/mol. The van der Waals surface area contributed by atoms with Gasteiger partial charge in [-0.3, -0.25) is 0 Å². The van der Waals surface area contributed by atoms with Crippen LogP contribution in [0.15, 0.2) is 18.2 Å². The molecule has 0 amide bonds. The van der Waals surface area contributed by atoms with Crippen LogP contribution in [0.5, 0.6) is 5.75 Å². The fraction of sp³-hybridized carbons (Fsp3) is 0.562. The number of hydrogen-bond donors (Lipinski definition) is 1. The molecule has 0 heterocycles. The summed E-state index contributed by atoms with van der Waals surface area (Å²) in [5, 5.41) is 12.1. The highest BCUT2D eigenvalue weighted by molar-refractivity contribution is 5.35. The van der Waals surface area contributed by atoms with Crippen LogP contribution >= 0.6 is 0 Å². The van der Waals surface area contributed by atoms with E-state index in [0.29, 0.717) is 25.3 Å². The van der Waals surface area contributed by atoms with Crippen LogP contribution in [0, 0.1) is 22.6 Å². The van der Waals surface area contributed by atoms with Gasteiger partial charge in [-0.05, 0) is 31.9 Å². The fourth-order valence-corrected chi connectivity index (χ4v) is 2.20. The first-order chi connectivity index (χ1) is 9.71. The molecule has 1 aromatic carbocycles. The molecule has 1 N–H and O–H groups in total. The van der Waals surface area contributed by atoms with Crippen LogP contribution in [0.2, 0.25) is 0 Å². The number of halogens is 1. The van der Waals surface area contributed by atoms with Gasteiger partial charge in [0.25, 0.3) is 0 Å². The van der Waals surface area contributed by atoms with E-state index in [1.165, 1.54) is 6.07 Å². The van der Waals surface area contributed by atoms with Gasteiger partial charge in [-0.15, -0.1) is 0 Å². The van der Waals surface area contributed by atoms with E-state index in [4.69, 9.17) is 10.00 Å². The zero-order valence-corrected chi connectivity index (χ0v) is 11.9. The molecule has 108 valence electrons. The smallest absolute Gasteiger partial charge is 0.165 e. The quantitative estimate of drug-likeness (QED) is 0.740. The standard InChI is InChI=1S/C16H21FN2O/c1-2-10-19-11-13-4-3-5-14(17)15(13)20-12-16(6-7-16)8-9-18/h3-5,19H,2,6-8,10-12H2,1H3. The van der Waals surface area contributed by atoms with Crippen molar-refractivity contribution in [3.8, 4) is 11.8 Å². The molecule has 4 heteroatoms. The number of nitrogens with zero attached hydrogens (tertiary/aromatic N) is 1. The summed E-state index contributed by atoms with van der Waals surface area (Å²) in [6.45, 7) is 4.03. The van der Waals surface area contributed by atoms with Crippen LogP contribution in [0.4, 0.5) is 4.39 Å². The molecular formula is C16H21FN2O. The summed E-state index contributed by atoms with van der Waals surface area (Å²) in [5.41, 5.74) is 0.803. The van der Waals surface area contributed by atoms with Gasteiger partial charge in [0.15, 0.2) is 11.6 Å². The van der Waals surface area contributed by atoms with Crippen molar-refractivity contribution in [2.45, 2.75) is 39.2 Å². The van der Waals surface area contributed by atoms with Crippen molar-refractivity contribution < 1.29 is 9.13 Å². The van der Waals surface area contributed by atoms with Crippen molar-refractivity contribution in [2.24, 2.45) is 5.41 Å². The Bertz CT molecular complexity index is 492. The normalized spacial score (nSPS) is 15.7. The van der Waals surface area contributed by atoms with Gasteiger partial charge in [-0.1, -0.05) is 19.1 Å². The van der Waals surface area contributed by atoms with Crippen LogP contribution in [0.25, 0.3) is 0 Å². The highest BCUT2D eigenvalue weighted by Gasteiger charge is 2.43. The largest absolute Gasteiger partial charge is 0.490 e. The van der Waals surface area contributed by atoms with Gasteiger partial charge in [0.1, 0.15) is 0 Å². The highest BCUT2D eigenvalue weighted by Crippen LogP contribution is 2.48. The third kappa shape index (κ3) is 3.71. The molecule has 1 aliphatic rings. The third-order valence-electron chi connectivity index (χ3n) is 3.72. The number of para-hydroxylation sites is 1. The molecule has 1 saturated carbocycles. The molecule has 0 radical (unpaired) electrons. The van der Waals surface area contributed by atoms with Gasteiger partial charge in [0.2, 0.25) is 0 Å². The molecule has 0 aliphatic heterocycles. The topological polar surface area (TPSA) is 45.0 Å². The molecule has 3 nitrogen and oxygen atoms in total. The van der Waals surface area contributed by atoms with E-state index >= 15 is 0 Å². The summed E-state index contributed by atoms with van der Waals surface area (Å²) in [4.78, 5) is 0. The number of nitrogens with one attached hydrogen (secondary N) is 1. The minimum Gasteiger partial charge on any atom is -0.490 e. The first-order valence-electron chi connectivity index (χ1n) is 7.18. The Balaban J connectivity index is 2.00. The second kappa shape index (κ2) is 6.71. The number of benzene rings is 1. The Hall–Kier alpha value is -1.60. The third-order valence-corrected chi connectivity index (χ3v) is 3.72. The summed E-state index contributed by atoms with van der Waals surface area (Å²) < 4.78 is 19.6. The first kappa shape index (κ1) is 14.8. The molecule has 0 unspecified atom stereocenters. The maximum Gasteiger partial charge on any atom is 0.165 e. The lowest BCUT2D eigenvalue weighted by molar-refractivity contribution is 0.225. The van der Waals surface area contributed by atoms with E-state index in [2.05, 4.69) is 18.3 Å². The zero-order valence-electron chi connectivity index (χ0n) is 11.9. The van der Waals surface area contributed by atoms with Crippen LogP contribution in [0.3, 0.4) is 0 Å². The van der Waals surface area contributed by atoms with Crippen molar-refractivity contribution in [1.29, 1.82) is 5.26 Å². The molecule has 0 bridgehead atoms. The molecule has 1 fully saturated rings. The van der Waals surface area contributed by atoms with E-state index in [1.54, 1.807) is 6.07 Å². The number of ether oxygens (including phenoxy) is 1. The van der Waals surface area contributed by atoms with Gasteiger partial charge in [-0.25, -0.2) is 4.39 Å². The molecule has 1 aliphatic carbocycles. The van der Waals surface area contributed by atoms with Crippen molar-refractivity contribution in [1.82, 2.24) is 5.32 Å². The Morgan fingerprint density at radius 3 is 2.90 bits per heavy atom. The van der Waals surface area contributed by atoms with Gasteiger partial charge < -0.3 is 10.1 Å². The fourth-order valence-electron chi connectivity index (χ4n) is 2.20. The van der Waals surface area contributed by atoms with Crippen molar-refractivity contribution in [2.75, 3.05) is 13.2 Å². The predicted molar refractivity (Wildman–Crippen MR) is 75.8 cm³/mol. The second-order valence-corrected chi connectivity index (χ2v) is 5.53. The molecule has 2 rings (SSSR count). The number of hydrogen-bond acceptors (Lipinski definition) is 3. The Morgan fingerprint density at radius 2 is 2.25 bits per heavy atom. The highest BCUT2D eigenvalue weighted by atomic mass is 19.1. The van der Waals surface area contributed by atoms with Crippen LogP contribution in [-0.4, -0.2) is 13.2 Å². The van der Waals surface area contributed by atoms with Crippen LogP contribution < -0.4 is 10.1 Å².